The SMILES string of the molecule is CCC(C)NC(=O)CNC(=O)c1ccc(S(=O)(=O)N(CC)CC)cc1. The Labute approximate surface area is 149 Å². The zero-order valence-corrected chi connectivity index (χ0v) is 16.0. The van der Waals surface area contributed by atoms with E-state index in [1.54, 1.807) is 13.8 Å². The summed E-state index contributed by atoms with van der Waals surface area (Å²) in [5, 5.41) is 5.27. The smallest absolute Gasteiger partial charge is 0.251 e. The van der Waals surface area contributed by atoms with Gasteiger partial charge in [-0.2, -0.15) is 4.31 Å². The molecule has 2 N–H and O–H groups in total. The van der Waals surface area contributed by atoms with E-state index in [0.29, 0.717) is 18.7 Å². The van der Waals surface area contributed by atoms with Gasteiger partial charge in [0, 0.05) is 24.7 Å². The van der Waals surface area contributed by atoms with Gasteiger partial charge in [0.25, 0.3) is 5.91 Å². The standard InChI is InChI=1S/C17H27N3O4S/c1-5-13(4)19-16(21)12-18-17(22)14-8-10-15(11-9-14)25(23,24)20(6-2)7-3/h8-11,13H,5-7,12H2,1-4H3,(H,18,22)(H,19,21). The summed E-state index contributed by atoms with van der Waals surface area (Å²) in [5.41, 5.74) is 0.301. The second kappa shape index (κ2) is 9.53. The number of carbonyl (C=O) groups excluding carboxylic acids is 2. The van der Waals surface area contributed by atoms with Gasteiger partial charge in [0.1, 0.15) is 0 Å². The molecule has 0 aromatic heterocycles. The summed E-state index contributed by atoms with van der Waals surface area (Å²) >= 11 is 0. The van der Waals surface area contributed by atoms with E-state index >= 15 is 0 Å². The number of nitrogens with zero attached hydrogens (tertiary/aromatic N) is 1. The van der Waals surface area contributed by atoms with Gasteiger partial charge in [0.05, 0.1) is 11.4 Å². The molecule has 2 amide bonds. The Bertz CT molecular complexity index is 682. The van der Waals surface area contributed by atoms with Gasteiger partial charge in [-0.25, -0.2) is 8.42 Å². The van der Waals surface area contributed by atoms with Crippen molar-refractivity contribution in [3.63, 3.8) is 0 Å². The molecule has 0 fully saturated rings. The number of amides is 2. The van der Waals surface area contributed by atoms with E-state index in [-0.39, 0.29) is 23.4 Å². The molecule has 0 aliphatic rings. The summed E-state index contributed by atoms with van der Waals surface area (Å²) in [7, 11) is -3.55. The fraction of sp³-hybridized carbons (Fsp3) is 0.529. The summed E-state index contributed by atoms with van der Waals surface area (Å²) in [6, 6.07) is 5.74. The first-order valence-electron chi connectivity index (χ1n) is 8.43. The molecular formula is C17H27N3O4S. The average Bonchev–Trinajstić information content (AvgIpc) is 2.60. The van der Waals surface area contributed by atoms with Crippen LogP contribution in [0, 0.1) is 0 Å². The Balaban J connectivity index is 2.73. The predicted octanol–water partition coefficient (Wildman–Crippen LogP) is 1.36. The zero-order chi connectivity index (χ0) is 19.0. The lowest BCUT2D eigenvalue weighted by Crippen LogP contribution is -2.40. The maximum atomic E-state index is 12.4. The van der Waals surface area contributed by atoms with Gasteiger partial charge in [-0.1, -0.05) is 20.8 Å². The molecule has 1 aromatic carbocycles. The third-order valence-electron chi connectivity index (χ3n) is 3.89. The van der Waals surface area contributed by atoms with Crippen LogP contribution in [0.4, 0.5) is 0 Å². The highest BCUT2D eigenvalue weighted by Gasteiger charge is 2.21. The van der Waals surface area contributed by atoms with Crippen LogP contribution in [0.2, 0.25) is 0 Å². The van der Waals surface area contributed by atoms with E-state index in [2.05, 4.69) is 10.6 Å². The van der Waals surface area contributed by atoms with Gasteiger partial charge >= 0.3 is 0 Å². The summed E-state index contributed by atoms with van der Waals surface area (Å²) in [5.74, 6) is -0.686. The molecule has 0 aliphatic carbocycles. The van der Waals surface area contributed by atoms with Crippen molar-refractivity contribution in [1.29, 1.82) is 0 Å². The lowest BCUT2D eigenvalue weighted by molar-refractivity contribution is -0.120. The van der Waals surface area contributed by atoms with Gasteiger partial charge in [0.2, 0.25) is 15.9 Å². The van der Waals surface area contributed by atoms with Crippen LogP contribution in [0.1, 0.15) is 44.5 Å². The minimum absolute atomic E-state index is 0.0500. The van der Waals surface area contributed by atoms with Gasteiger partial charge < -0.3 is 10.6 Å². The highest BCUT2D eigenvalue weighted by atomic mass is 32.2. The van der Waals surface area contributed by atoms with Crippen LogP contribution in [0.5, 0.6) is 0 Å². The molecule has 140 valence electrons. The molecule has 25 heavy (non-hydrogen) atoms. The van der Waals surface area contributed by atoms with Crippen molar-refractivity contribution in [3.05, 3.63) is 29.8 Å². The second-order valence-electron chi connectivity index (χ2n) is 5.67. The molecule has 1 aromatic rings. The molecule has 0 saturated carbocycles. The van der Waals surface area contributed by atoms with Crippen LogP contribution in [-0.2, 0) is 14.8 Å². The normalized spacial score (nSPS) is 12.7. The van der Waals surface area contributed by atoms with Crippen LogP contribution in [0.3, 0.4) is 0 Å². The lowest BCUT2D eigenvalue weighted by atomic mass is 10.2. The largest absolute Gasteiger partial charge is 0.352 e. The molecule has 0 aliphatic heterocycles. The lowest BCUT2D eigenvalue weighted by Gasteiger charge is -2.18. The van der Waals surface area contributed by atoms with Crippen molar-refractivity contribution < 1.29 is 18.0 Å². The number of hydrogen-bond donors (Lipinski definition) is 2. The number of rotatable bonds is 9. The fourth-order valence-electron chi connectivity index (χ4n) is 2.18. The van der Waals surface area contributed by atoms with E-state index in [0.717, 1.165) is 6.42 Å². The van der Waals surface area contributed by atoms with Crippen LogP contribution in [-0.4, -0.2) is 50.2 Å². The maximum Gasteiger partial charge on any atom is 0.251 e. The van der Waals surface area contributed by atoms with Gasteiger partial charge in [-0.05, 0) is 37.6 Å². The number of hydrogen-bond acceptors (Lipinski definition) is 4. The van der Waals surface area contributed by atoms with Crippen molar-refractivity contribution in [1.82, 2.24) is 14.9 Å². The maximum absolute atomic E-state index is 12.4. The fourth-order valence-corrected chi connectivity index (χ4v) is 3.64. The zero-order valence-electron chi connectivity index (χ0n) is 15.2. The topological polar surface area (TPSA) is 95.6 Å². The predicted molar refractivity (Wildman–Crippen MR) is 96.8 cm³/mol. The quantitative estimate of drug-likeness (QED) is 0.687. The van der Waals surface area contributed by atoms with Crippen molar-refractivity contribution in [2.45, 2.75) is 45.1 Å². The molecule has 7 nitrogen and oxygen atoms in total. The first-order chi connectivity index (χ1) is 11.8. The Morgan fingerprint density at radius 1 is 1.08 bits per heavy atom. The molecule has 0 spiro atoms. The Kier molecular flexibility index (Phi) is 8.05. The van der Waals surface area contributed by atoms with Gasteiger partial charge in [-0.15, -0.1) is 0 Å². The van der Waals surface area contributed by atoms with Crippen LogP contribution in [0.15, 0.2) is 29.2 Å². The number of benzene rings is 1. The van der Waals surface area contributed by atoms with Crippen LogP contribution in [0.25, 0.3) is 0 Å². The summed E-state index contributed by atoms with van der Waals surface area (Å²) in [4.78, 5) is 23.9. The Hall–Kier alpha value is -1.93. The molecular weight excluding hydrogens is 342 g/mol. The first-order valence-corrected chi connectivity index (χ1v) is 9.87. The highest BCUT2D eigenvalue weighted by molar-refractivity contribution is 7.89. The Morgan fingerprint density at radius 2 is 1.64 bits per heavy atom. The van der Waals surface area contributed by atoms with Crippen molar-refractivity contribution in [2.75, 3.05) is 19.6 Å². The third-order valence-corrected chi connectivity index (χ3v) is 5.95. The van der Waals surface area contributed by atoms with Gasteiger partial charge in [0.15, 0.2) is 0 Å². The van der Waals surface area contributed by atoms with E-state index in [1.807, 2.05) is 13.8 Å². The summed E-state index contributed by atoms with van der Waals surface area (Å²) in [6.07, 6.45) is 0.808. The molecule has 0 bridgehead atoms. The minimum atomic E-state index is -3.55. The van der Waals surface area contributed by atoms with Gasteiger partial charge in [-0.3, -0.25) is 9.59 Å². The second-order valence-corrected chi connectivity index (χ2v) is 7.61. The molecule has 1 atom stereocenters. The van der Waals surface area contributed by atoms with E-state index in [4.69, 9.17) is 0 Å². The third kappa shape index (κ3) is 5.82. The molecule has 0 heterocycles. The molecule has 0 saturated heterocycles. The van der Waals surface area contributed by atoms with Crippen LogP contribution >= 0.6 is 0 Å². The van der Waals surface area contributed by atoms with Crippen molar-refractivity contribution in [3.8, 4) is 0 Å². The minimum Gasteiger partial charge on any atom is -0.352 e. The van der Waals surface area contributed by atoms with E-state index < -0.39 is 15.9 Å². The summed E-state index contributed by atoms with van der Waals surface area (Å²) < 4.78 is 26.1. The molecule has 8 heteroatoms. The van der Waals surface area contributed by atoms with Crippen molar-refractivity contribution in [2.24, 2.45) is 0 Å². The first kappa shape index (κ1) is 21.1. The molecule has 0 radical (unpaired) electrons. The number of nitrogens with one attached hydrogen (secondary N) is 2. The van der Waals surface area contributed by atoms with E-state index in [9.17, 15) is 18.0 Å². The van der Waals surface area contributed by atoms with E-state index in [1.165, 1.54) is 28.6 Å². The highest BCUT2D eigenvalue weighted by Crippen LogP contribution is 2.16. The molecule has 1 rings (SSSR count). The monoisotopic (exact) mass is 369 g/mol. The Morgan fingerprint density at radius 3 is 2.12 bits per heavy atom. The molecule has 1 unspecified atom stereocenters. The number of sulfonamides is 1. The average molecular weight is 369 g/mol. The van der Waals surface area contributed by atoms with Crippen LogP contribution < -0.4 is 10.6 Å². The van der Waals surface area contributed by atoms with Crippen molar-refractivity contribution >= 4 is 21.8 Å². The number of carbonyl (C=O) groups is 2. The summed E-state index contributed by atoms with van der Waals surface area (Å²) in [6.45, 7) is 8.02.